The van der Waals surface area contributed by atoms with Crippen molar-refractivity contribution in [1.82, 2.24) is 9.97 Å². The number of benzene rings is 1. The number of pyridine rings is 2. The first kappa shape index (κ1) is 15.2. The molecule has 0 saturated heterocycles. The predicted octanol–water partition coefficient (Wildman–Crippen LogP) is 3.47. The Kier molecular flexibility index (Phi) is 3.87. The second-order valence-electron chi connectivity index (χ2n) is 4.94. The number of hydrogen-bond acceptors (Lipinski definition) is 6. The average Bonchev–Trinajstić information content (AvgIpc) is 2.54. The van der Waals surface area contributed by atoms with Gasteiger partial charge in [-0.1, -0.05) is 0 Å². The maximum absolute atomic E-state index is 11.7. The minimum atomic E-state index is -2.73. The molecule has 2 aromatic heterocycles. The van der Waals surface area contributed by atoms with Crippen LogP contribution in [0.15, 0.2) is 53.7 Å². The summed E-state index contributed by atoms with van der Waals surface area (Å²) in [7, 11) is -1.16. The smallest absolute Gasteiger partial charge is 0.156 e. The molecule has 0 bridgehead atoms. The fraction of sp³-hybridized carbons (Fsp3) is 0.125. The fourth-order valence-corrected chi connectivity index (χ4v) is 2.80. The van der Waals surface area contributed by atoms with Gasteiger partial charge in [-0.3, -0.25) is 9.97 Å². The SMILES string of the molecule is COc1ccnc2c(Oc3ccc(S(C)(=N)=O)cc3)ccnc12. The van der Waals surface area contributed by atoms with Gasteiger partial charge in [-0.2, -0.15) is 0 Å². The van der Waals surface area contributed by atoms with Crippen molar-refractivity contribution in [2.45, 2.75) is 4.90 Å². The van der Waals surface area contributed by atoms with Crippen molar-refractivity contribution in [3.63, 3.8) is 0 Å². The van der Waals surface area contributed by atoms with Crippen LogP contribution in [0.25, 0.3) is 11.0 Å². The monoisotopic (exact) mass is 329 g/mol. The second kappa shape index (κ2) is 5.85. The van der Waals surface area contributed by atoms with Crippen LogP contribution in [-0.4, -0.2) is 27.5 Å². The molecule has 0 aliphatic heterocycles. The summed E-state index contributed by atoms with van der Waals surface area (Å²) in [5.41, 5.74) is 1.21. The number of fused-ring (bicyclic) bond motifs is 1. The maximum Gasteiger partial charge on any atom is 0.156 e. The van der Waals surface area contributed by atoms with E-state index in [2.05, 4.69) is 9.97 Å². The van der Waals surface area contributed by atoms with Crippen LogP contribution in [0.3, 0.4) is 0 Å². The molecule has 0 aliphatic rings. The zero-order valence-corrected chi connectivity index (χ0v) is 13.5. The van der Waals surface area contributed by atoms with Crippen molar-refractivity contribution in [1.29, 1.82) is 4.78 Å². The molecule has 7 heteroatoms. The first-order valence-corrected chi connectivity index (χ1v) is 8.75. The third-order valence-electron chi connectivity index (χ3n) is 3.27. The molecule has 2 heterocycles. The van der Waals surface area contributed by atoms with Crippen LogP contribution < -0.4 is 9.47 Å². The summed E-state index contributed by atoms with van der Waals surface area (Å²) in [5.74, 6) is 1.73. The molecule has 1 aromatic carbocycles. The van der Waals surface area contributed by atoms with Gasteiger partial charge in [0.25, 0.3) is 0 Å². The number of methoxy groups -OCH3 is 1. The summed E-state index contributed by atoms with van der Waals surface area (Å²) in [4.78, 5) is 9.03. The first-order chi connectivity index (χ1) is 11.0. The molecule has 0 saturated carbocycles. The quantitative estimate of drug-likeness (QED) is 0.792. The van der Waals surface area contributed by atoms with Crippen LogP contribution in [0.4, 0.5) is 0 Å². The topological polar surface area (TPSA) is 85.2 Å². The highest BCUT2D eigenvalue weighted by atomic mass is 32.2. The highest BCUT2D eigenvalue weighted by Gasteiger charge is 2.10. The van der Waals surface area contributed by atoms with Gasteiger partial charge in [0.1, 0.15) is 22.5 Å². The van der Waals surface area contributed by atoms with Gasteiger partial charge in [0, 0.05) is 35.7 Å². The number of aromatic nitrogens is 2. The standard InChI is InChI=1S/C16H15N3O3S/c1-21-13-7-9-19-16-14(8-10-18-15(13)16)22-11-3-5-12(6-4-11)23(2,17)20/h3-10,17H,1-2H3. The number of ether oxygens (including phenoxy) is 2. The molecule has 0 fully saturated rings. The van der Waals surface area contributed by atoms with Crippen LogP contribution in [0, 0.1) is 4.78 Å². The molecule has 6 nitrogen and oxygen atoms in total. The molecule has 0 radical (unpaired) electrons. The molecule has 118 valence electrons. The van der Waals surface area contributed by atoms with Crippen LogP contribution in [0.1, 0.15) is 0 Å². The lowest BCUT2D eigenvalue weighted by molar-refractivity contribution is 0.418. The Bertz CT molecular complexity index is 954. The van der Waals surface area contributed by atoms with Crippen LogP contribution >= 0.6 is 0 Å². The Morgan fingerprint density at radius 3 is 2.09 bits per heavy atom. The van der Waals surface area contributed by atoms with E-state index in [0.717, 1.165) is 0 Å². The lowest BCUT2D eigenvalue weighted by Crippen LogP contribution is -1.95. The molecule has 1 N–H and O–H groups in total. The minimum absolute atomic E-state index is 0.462. The summed E-state index contributed by atoms with van der Waals surface area (Å²) >= 11 is 0. The van der Waals surface area contributed by atoms with Crippen LogP contribution in [0.5, 0.6) is 17.2 Å². The van der Waals surface area contributed by atoms with Gasteiger partial charge in [-0.15, -0.1) is 0 Å². The first-order valence-electron chi connectivity index (χ1n) is 6.78. The molecule has 0 aliphatic carbocycles. The Balaban J connectivity index is 1.99. The summed E-state index contributed by atoms with van der Waals surface area (Å²) in [6, 6.07) is 10.1. The molecule has 0 amide bonds. The van der Waals surface area contributed by atoms with E-state index in [4.69, 9.17) is 14.3 Å². The highest BCUT2D eigenvalue weighted by molar-refractivity contribution is 7.91. The third kappa shape index (κ3) is 3.09. The van der Waals surface area contributed by atoms with E-state index in [-0.39, 0.29) is 0 Å². The lowest BCUT2D eigenvalue weighted by atomic mass is 10.3. The molecule has 3 rings (SSSR count). The van der Waals surface area contributed by atoms with Crippen molar-refractivity contribution in [3.05, 3.63) is 48.8 Å². The number of rotatable bonds is 4. The second-order valence-corrected chi connectivity index (χ2v) is 7.10. The van der Waals surface area contributed by atoms with Gasteiger partial charge >= 0.3 is 0 Å². The maximum atomic E-state index is 11.7. The number of nitrogens with one attached hydrogen (secondary N) is 1. The van der Waals surface area contributed by atoms with E-state index in [1.165, 1.54) is 6.26 Å². The Labute approximate surface area is 134 Å². The van der Waals surface area contributed by atoms with Gasteiger partial charge in [0.2, 0.25) is 0 Å². The van der Waals surface area contributed by atoms with Gasteiger partial charge in [-0.05, 0) is 24.3 Å². The van der Waals surface area contributed by atoms with E-state index in [9.17, 15) is 4.21 Å². The van der Waals surface area contributed by atoms with E-state index in [0.29, 0.717) is 33.2 Å². The van der Waals surface area contributed by atoms with E-state index >= 15 is 0 Å². The molecule has 0 spiro atoms. The van der Waals surface area contributed by atoms with Crippen molar-refractivity contribution < 1.29 is 13.7 Å². The zero-order chi connectivity index (χ0) is 16.4. The van der Waals surface area contributed by atoms with Crippen molar-refractivity contribution in [2.24, 2.45) is 0 Å². The molecular formula is C16H15N3O3S. The summed E-state index contributed by atoms with van der Waals surface area (Å²) in [6.07, 6.45) is 4.64. The summed E-state index contributed by atoms with van der Waals surface area (Å²) in [5, 5.41) is 0. The van der Waals surface area contributed by atoms with Crippen molar-refractivity contribution in [2.75, 3.05) is 13.4 Å². The highest BCUT2D eigenvalue weighted by Crippen LogP contribution is 2.31. The third-order valence-corrected chi connectivity index (χ3v) is 4.44. The van der Waals surface area contributed by atoms with Gasteiger partial charge in [-0.25, -0.2) is 8.99 Å². The van der Waals surface area contributed by atoms with Crippen molar-refractivity contribution >= 4 is 20.8 Å². The molecule has 1 unspecified atom stereocenters. The predicted molar refractivity (Wildman–Crippen MR) is 87.7 cm³/mol. The van der Waals surface area contributed by atoms with Crippen LogP contribution in [-0.2, 0) is 9.73 Å². The van der Waals surface area contributed by atoms with E-state index in [1.807, 2.05) is 0 Å². The van der Waals surface area contributed by atoms with Crippen molar-refractivity contribution in [3.8, 4) is 17.2 Å². The van der Waals surface area contributed by atoms with Crippen LogP contribution in [0.2, 0.25) is 0 Å². The van der Waals surface area contributed by atoms with E-state index in [1.54, 1.807) is 55.9 Å². The fourth-order valence-electron chi connectivity index (χ4n) is 2.14. The molecular weight excluding hydrogens is 314 g/mol. The number of hydrogen-bond donors (Lipinski definition) is 1. The lowest BCUT2D eigenvalue weighted by Gasteiger charge is -2.10. The summed E-state index contributed by atoms with van der Waals surface area (Å²) in [6.45, 7) is 0. The van der Waals surface area contributed by atoms with E-state index < -0.39 is 9.73 Å². The molecule has 23 heavy (non-hydrogen) atoms. The number of nitrogens with zero attached hydrogens (tertiary/aromatic N) is 2. The Morgan fingerprint density at radius 1 is 0.957 bits per heavy atom. The largest absolute Gasteiger partial charge is 0.494 e. The molecule has 1 atom stereocenters. The Morgan fingerprint density at radius 2 is 1.52 bits per heavy atom. The summed E-state index contributed by atoms with van der Waals surface area (Å²) < 4.78 is 30.4. The van der Waals surface area contributed by atoms with Gasteiger partial charge in [0.15, 0.2) is 5.75 Å². The zero-order valence-electron chi connectivity index (χ0n) is 12.6. The minimum Gasteiger partial charge on any atom is -0.494 e. The van der Waals surface area contributed by atoms with Gasteiger partial charge < -0.3 is 9.47 Å². The molecule has 3 aromatic rings. The Hall–Kier alpha value is -2.67. The van der Waals surface area contributed by atoms with Gasteiger partial charge in [0.05, 0.1) is 16.8 Å². The normalized spacial score (nSPS) is 13.5. The average molecular weight is 329 g/mol.